The molecule has 0 bridgehead atoms. The number of hydrogen-bond acceptors (Lipinski definition) is 3. The van der Waals surface area contributed by atoms with E-state index in [0.29, 0.717) is 12.3 Å². The number of nitrogens with one attached hydrogen (secondary N) is 1. The van der Waals surface area contributed by atoms with Gasteiger partial charge in [0.1, 0.15) is 0 Å². The van der Waals surface area contributed by atoms with E-state index >= 15 is 0 Å². The fraction of sp³-hybridized carbons (Fsp3) is 0.533. The van der Waals surface area contributed by atoms with Crippen LogP contribution in [0, 0.1) is 12.8 Å². The van der Waals surface area contributed by atoms with Gasteiger partial charge in [0.05, 0.1) is 0 Å². The maximum absolute atomic E-state index is 11.7. The first-order chi connectivity index (χ1) is 9.11. The van der Waals surface area contributed by atoms with E-state index in [4.69, 9.17) is 5.73 Å². The quantitative estimate of drug-likeness (QED) is 0.720. The summed E-state index contributed by atoms with van der Waals surface area (Å²) < 4.78 is 0. The second kappa shape index (κ2) is 8.99. The van der Waals surface area contributed by atoms with Gasteiger partial charge in [0.15, 0.2) is 0 Å². The van der Waals surface area contributed by atoms with Gasteiger partial charge in [0.25, 0.3) is 0 Å². The number of thioether (sulfide) groups is 1. The van der Waals surface area contributed by atoms with Gasteiger partial charge in [0.2, 0.25) is 5.91 Å². The van der Waals surface area contributed by atoms with Gasteiger partial charge >= 0.3 is 0 Å². The number of aryl methyl sites for hydroxylation is 1. The van der Waals surface area contributed by atoms with Crippen molar-refractivity contribution in [1.82, 2.24) is 0 Å². The number of amides is 1. The van der Waals surface area contributed by atoms with Gasteiger partial charge in [0, 0.05) is 12.1 Å². The van der Waals surface area contributed by atoms with Crippen LogP contribution in [-0.2, 0) is 4.79 Å². The van der Waals surface area contributed by atoms with E-state index in [-0.39, 0.29) is 5.91 Å². The minimum atomic E-state index is 0.0954. The molecule has 0 saturated heterocycles. The second-order valence-corrected chi connectivity index (χ2v) is 6.09. The van der Waals surface area contributed by atoms with E-state index in [9.17, 15) is 4.79 Å². The van der Waals surface area contributed by atoms with Crippen molar-refractivity contribution < 1.29 is 4.79 Å². The molecule has 4 heteroatoms. The first-order valence-electron chi connectivity index (χ1n) is 6.76. The van der Waals surface area contributed by atoms with E-state index in [1.165, 1.54) is 0 Å². The fourth-order valence-corrected chi connectivity index (χ4v) is 2.69. The zero-order valence-corrected chi connectivity index (χ0v) is 12.6. The first-order valence-corrected chi connectivity index (χ1v) is 7.91. The van der Waals surface area contributed by atoms with Crippen molar-refractivity contribution in [3.63, 3.8) is 0 Å². The Balaban J connectivity index is 2.15. The molecule has 1 rings (SSSR count). The summed E-state index contributed by atoms with van der Waals surface area (Å²) in [6.07, 6.45) is 1.50. The monoisotopic (exact) mass is 280 g/mol. The zero-order valence-electron chi connectivity index (χ0n) is 11.8. The molecule has 0 saturated carbocycles. The van der Waals surface area contributed by atoms with Crippen LogP contribution in [0.2, 0.25) is 0 Å². The second-order valence-electron chi connectivity index (χ2n) is 4.94. The highest BCUT2D eigenvalue weighted by Crippen LogP contribution is 2.12. The fourth-order valence-electron chi connectivity index (χ4n) is 1.63. The van der Waals surface area contributed by atoms with Gasteiger partial charge in [-0.25, -0.2) is 0 Å². The summed E-state index contributed by atoms with van der Waals surface area (Å²) >= 11 is 1.88. The summed E-state index contributed by atoms with van der Waals surface area (Å²) in [5, 5.41) is 2.93. The lowest BCUT2D eigenvalue weighted by Crippen LogP contribution is -2.13. The third-order valence-corrected chi connectivity index (χ3v) is 4.18. The third-order valence-electron chi connectivity index (χ3n) is 2.80. The van der Waals surface area contributed by atoms with Crippen molar-refractivity contribution in [2.75, 3.05) is 23.4 Å². The highest BCUT2D eigenvalue weighted by molar-refractivity contribution is 7.99. The molecule has 106 valence electrons. The molecule has 3 nitrogen and oxygen atoms in total. The van der Waals surface area contributed by atoms with Crippen molar-refractivity contribution >= 4 is 23.4 Å². The molecule has 19 heavy (non-hydrogen) atoms. The van der Waals surface area contributed by atoms with Crippen LogP contribution in [0.25, 0.3) is 0 Å². The molecule has 0 aliphatic heterocycles. The van der Waals surface area contributed by atoms with E-state index in [1.54, 1.807) is 0 Å². The van der Waals surface area contributed by atoms with Crippen LogP contribution < -0.4 is 11.1 Å². The van der Waals surface area contributed by atoms with Gasteiger partial charge in [-0.15, -0.1) is 0 Å². The molecule has 0 fully saturated rings. The van der Waals surface area contributed by atoms with Crippen molar-refractivity contribution in [3.05, 3.63) is 29.8 Å². The number of carbonyl (C=O) groups excluding carboxylic acids is 1. The molecular weight excluding hydrogens is 256 g/mol. The van der Waals surface area contributed by atoms with Gasteiger partial charge in [-0.1, -0.05) is 19.1 Å². The van der Waals surface area contributed by atoms with E-state index in [1.807, 2.05) is 43.0 Å². The summed E-state index contributed by atoms with van der Waals surface area (Å²) in [6.45, 7) is 4.91. The SMILES string of the molecule is Cc1cccc(NC(=O)CCCSCC(C)CN)c1. The van der Waals surface area contributed by atoms with Crippen LogP contribution in [0.3, 0.4) is 0 Å². The minimum absolute atomic E-state index is 0.0954. The Morgan fingerprint density at radius 2 is 2.26 bits per heavy atom. The Morgan fingerprint density at radius 1 is 1.47 bits per heavy atom. The molecule has 1 aromatic carbocycles. The largest absolute Gasteiger partial charge is 0.330 e. The molecule has 1 amide bonds. The molecule has 1 atom stereocenters. The summed E-state index contributed by atoms with van der Waals surface area (Å²) in [5.41, 5.74) is 7.60. The predicted molar refractivity (Wildman–Crippen MR) is 84.6 cm³/mol. The van der Waals surface area contributed by atoms with Crippen LogP contribution in [0.1, 0.15) is 25.3 Å². The minimum Gasteiger partial charge on any atom is -0.330 e. The molecule has 0 radical (unpaired) electrons. The van der Waals surface area contributed by atoms with Crippen LogP contribution in [0.5, 0.6) is 0 Å². The first kappa shape index (κ1) is 16.1. The maximum Gasteiger partial charge on any atom is 0.224 e. The molecule has 0 aliphatic rings. The topological polar surface area (TPSA) is 55.1 Å². The molecular formula is C15H24N2OS. The number of hydrogen-bond donors (Lipinski definition) is 2. The Labute approximate surface area is 120 Å². The summed E-state index contributed by atoms with van der Waals surface area (Å²) in [4.78, 5) is 11.7. The lowest BCUT2D eigenvalue weighted by atomic mass is 10.2. The number of rotatable bonds is 8. The van der Waals surface area contributed by atoms with Crippen molar-refractivity contribution in [2.45, 2.75) is 26.7 Å². The zero-order chi connectivity index (χ0) is 14.1. The number of nitrogens with two attached hydrogens (primary N) is 1. The van der Waals surface area contributed by atoms with Gasteiger partial charge in [-0.2, -0.15) is 11.8 Å². The van der Waals surface area contributed by atoms with Crippen molar-refractivity contribution in [3.8, 4) is 0 Å². The number of carbonyl (C=O) groups is 1. The molecule has 1 unspecified atom stereocenters. The lowest BCUT2D eigenvalue weighted by molar-refractivity contribution is -0.116. The Kier molecular flexibility index (Phi) is 7.60. The van der Waals surface area contributed by atoms with E-state index < -0.39 is 0 Å². The lowest BCUT2D eigenvalue weighted by Gasteiger charge is -2.08. The Hall–Kier alpha value is -1.00. The molecule has 3 N–H and O–H groups in total. The molecule has 0 aliphatic carbocycles. The normalized spacial score (nSPS) is 12.2. The van der Waals surface area contributed by atoms with Crippen LogP contribution >= 0.6 is 11.8 Å². The standard InChI is InChI=1S/C15H24N2OS/c1-12-5-3-6-14(9-12)17-15(18)7-4-8-19-11-13(2)10-16/h3,5-6,9,13H,4,7-8,10-11,16H2,1-2H3,(H,17,18). The maximum atomic E-state index is 11.7. The summed E-state index contributed by atoms with van der Waals surface area (Å²) in [7, 11) is 0. The van der Waals surface area contributed by atoms with Crippen molar-refractivity contribution in [1.29, 1.82) is 0 Å². The number of anilines is 1. The van der Waals surface area contributed by atoms with Crippen LogP contribution in [-0.4, -0.2) is 24.0 Å². The van der Waals surface area contributed by atoms with Gasteiger partial charge in [-0.3, -0.25) is 4.79 Å². The smallest absolute Gasteiger partial charge is 0.224 e. The van der Waals surface area contributed by atoms with E-state index in [0.717, 1.165) is 35.7 Å². The Morgan fingerprint density at radius 3 is 2.95 bits per heavy atom. The highest BCUT2D eigenvalue weighted by atomic mass is 32.2. The molecule has 0 spiro atoms. The Bertz CT molecular complexity index is 395. The summed E-state index contributed by atoms with van der Waals surface area (Å²) in [5.74, 6) is 2.76. The van der Waals surface area contributed by atoms with Gasteiger partial charge in [-0.05, 0) is 55.0 Å². The average Bonchev–Trinajstić information content (AvgIpc) is 2.38. The molecule has 0 heterocycles. The van der Waals surface area contributed by atoms with Crippen molar-refractivity contribution in [2.24, 2.45) is 11.7 Å². The summed E-state index contributed by atoms with van der Waals surface area (Å²) in [6, 6.07) is 7.87. The average molecular weight is 280 g/mol. The molecule has 0 aromatic heterocycles. The van der Waals surface area contributed by atoms with Gasteiger partial charge < -0.3 is 11.1 Å². The highest BCUT2D eigenvalue weighted by Gasteiger charge is 2.03. The third kappa shape index (κ3) is 7.23. The predicted octanol–water partition coefficient (Wildman–Crippen LogP) is 3.04. The van der Waals surface area contributed by atoms with E-state index in [2.05, 4.69) is 12.2 Å². The van der Waals surface area contributed by atoms with Crippen LogP contribution in [0.15, 0.2) is 24.3 Å². The van der Waals surface area contributed by atoms with Crippen LogP contribution in [0.4, 0.5) is 5.69 Å². The molecule has 1 aromatic rings. The number of benzene rings is 1.